The molecule has 0 saturated carbocycles. The molecule has 2 aromatic carbocycles. The van der Waals surface area contributed by atoms with E-state index in [1.54, 1.807) is 12.1 Å². The third kappa shape index (κ3) is 4.82. The van der Waals surface area contributed by atoms with E-state index in [-0.39, 0.29) is 10.6 Å². The molecule has 7 nitrogen and oxygen atoms in total. The summed E-state index contributed by atoms with van der Waals surface area (Å²) in [5, 5.41) is 2.47. The van der Waals surface area contributed by atoms with Gasteiger partial charge in [-0.05, 0) is 36.8 Å². The average molecular weight is 377 g/mol. The van der Waals surface area contributed by atoms with Gasteiger partial charge in [-0.2, -0.15) is 8.42 Å². The van der Waals surface area contributed by atoms with Crippen LogP contribution in [0.2, 0.25) is 0 Å². The quantitative estimate of drug-likeness (QED) is 0.611. The van der Waals surface area contributed by atoms with Crippen molar-refractivity contribution in [2.75, 3.05) is 7.11 Å². The predicted molar refractivity (Wildman–Crippen MR) is 94.0 cm³/mol. The molecule has 1 N–H and O–H groups in total. The van der Waals surface area contributed by atoms with Crippen LogP contribution >= 0.6 is 0 Å². The van der Waals surface area contributed by atoms with Crippen LogP contribution in [0.4, 0.5) is 0 Å². The maximum Gasteiger partial charge on any atom is 0.339 e. The van der Waals surface area contributed by atoms with Gasteiger partial charge in [-0.25, -0.2) is 4.79 Å². The zero-order valence-corrected chi connectivity index (χ0v) is 15.4. The Hall–Kier alpha value is -2.87. The second kappa shape index (κ2) is 8.01. The smallest absolute Gasteiger partial charge is 0.339 e. The highest BCUT2D eigenvalue weighted by Gasteiger charge is 2.23. The number of ether oxygens (including phenoxy) is 1. The van der Waals surface area contributed by atoms with E-state index >= 15 is 0 Å². The van der Waals surface area contributed by atoms with Crippen LogP contribution < -0.4 is 9.50 Å². The van der Waals surface area contributed by atoms with E-state index in [1.165, 1.54) is 50.4 Å². The molecule has 26 heavy (non-hydrogen) atoms. The molecule has 0 aliphatic carbocycles. The van der Waals surface area contributed by atoms with Crippen molar-refractivity contribution < 1.29 is 26.9 Å². The van der Waals surface area contributed by atoms with Crippen LogP contribution in [0.15, 0.2) is 53.4 Å². The van der Waals surface area contributed by atoms with Crippen LogP contribution in [0.5, 0.6) is 5.75 Å². The number of nitrogens with one attached hydrogen (secondary N) is 1. The number of esters is 1. The minimum Gasteiger partial charge on any atom is -0.467 e. The first-order chi connectivity index (χ1) is 12.2. The van der Waals surface area contributed by atoms with Crippen LogP contribution in [0.3, 0.4) is 0 Å². The van der Waals surface area contributed by atoms with Gasteiger partial charge in [0, 0.05) is 6.92 Å². The van der Waals surface area contributed by atoms with Crippen molar-refractivity contribution in [3.8, 4) is 5.75 Å². The first-order valence-electron chi connectivity index (χ1n) is 7.69. The van der Waals surface area contributed by atoms with Crippen molar-refractivity contribution in [3.05, 3.63) is 59.7 Å². The van der Waals surface area contributed by atoms with Gasteiger partial charge in [0.05, 0.1) is 7.11 Å². The Bertz CT molecular complexity index is 888. The number of hydrogen-bond acceptors (Lipinski definition) is 6. The number of hydrogen-bond donors (Lipinski definition) is 1. The van der Waals surface area contributed by atoms with Gasteiger partial charge in [0.1, 0.15) is 10.6 Å². The minimum atomic E-state index is -3.96. The molecular formula is C18H19NO6S. The summed E-state index contributed by atoms with van der Waals surface area (Å²) in [6.45, 7) is 3.13. The minimum absolute atomic E-state index is 0.0397. The van der Waals surface area contributed by atoms with Gasteiger partial charge >= 0.3 is 16.1 Å². The van der Waals surface area contributed by atoms with Gasteiger partial charge in [0.25, 0.3) is 0 Å². The lowest BCUT2D eigenvalue weighted by atomic mass is 10.1. The van der Waals surface area contributed by atoms with E-state index in [9.17, 15) is 18.0 Å². The van der Waals surface area contributed by atoms with E-state index in [0.29, 0.717) is 5.56 Å². The molecule has 0 fully saturated rings. The summed E-state index contributed by atoms with van der Waals surface area (Å²) >= 11 is 0. The lowest BCUT2D eigenvalue weighted by Gasteiger charge is -2.16. The molecule has 0 spiro atoms. The third-order valence-electron chi connectivity index (χ3n) is 3.51. The Morgan fingerprint density at radius 2 is 1.58 bits per heavy atom. The van der Waals surface area contributed by atoms with Crippen LogP contribution in [-0.2, 0) is 24.4 Å². The second-order valence-electron chi connectivity index (χ2n) is 5.58. The monoisotopic (exact) mass is 377 g/mol. The molecule has 2 rings (SSSR count). The zero-order chi connectivity index (χ0) is 19.3. The largest absolute Gasteiger partial charge is 0.467 e. The Morgan fingerprint density at radius 1 is 1.00 bits per heavy atom. The van der Waals surface area contributed by atoms with Gasteiger partial charge in [-0.1, -0.05) is 29.8 Å². The van der Waals surface area contributed by atoms with E-state index in [1.807, 2.05) is 6.92 Å². The van der Waals surface area contributed by atoms with Gasteiger partial charge in [-0.15, -0.1) is 0 Å². The fraction of sp³-hybridized carbons (Fsp3) is 0.222. The van der Waals surface area contributed by atoms with Crippen LogP contribution in [0.25, 0.3) is 0 Å². The molecule has 0 aromatic heterocycles. The van der Waals surface area contributed by atoms with Gasteiger partial charge < -0.3 is 14.2 Å². The normalized spacial score (nSPS) is 12.1. The average Bonchev–Trinajstić information content (AvgIpc) is 2.60. The molecule has 8 heteroatoms. The van der Waals surface area contributed by atoms with Crippen LogP contribution in [-0.4, -0.2) is 27.4 Å². The van der Waals surface area contributed by atoms with Crippen molar-refractivity contribution >= 4 is 22.0 Å². The molecule has 0 saturated heterocycles. The summed E-state index contributed by atoms with van der Waals surface area (Å²) in [6.07, 6.45) is 0. The van der Waals surface area contributed by atoms with Gasteiger partial charge in [0.2, 0.25) is 5.91 Å². The topological polar surface area (TPSA) is 98.8 Å². The maximum absolute atomic E-state index is 12.3. The summed E-state index contributed by atoms with van der Waals surface area (Å²) in [4.78, 5) is 23.1. The van der Waals surface area contributed by atoms with Crippen molar-refractivity contribution in [1.82, 2.24) is 5.32 Å². The maximum atomic E-state index is 12.3. The third-order valence-corrected chi connectivity index (χ3v) is 4.77. The molecule has 138 valence electrons. The molecular weight excluding hydrogens is 358 g/mol. The second-order valence-corrected chi connectivity index (χ2v) is 7.12. The summed E-state index contributed by atoms with van der Waals surface area (Å²) in [5.74, 6) is -0.954. The summed E-state index contributed by atoms with van der Waals surface area (Å²) in [6, 6.07) is 11.1. The number of aryl methyl sites for hydroxylation is 1. The number of carbonyl (C=O) groups excluding carboxylic acids is 2. The SMILES string of the molecule is COC(=O)C(NC(C)=O)c1ccc(OS(=O)(=O)c2ccc(C)cc2)cc1. The first kappa shape index (κ1) is 19.5. The number of benzene rings is 2. The number of amides is 1. The Balaban J connectivity index is 2.21. The highest BCUT2D eigenvalue weighted by atomic mass is 32.2. The van der Waals surface area contributed by atoms with Crippen molar-refractivity contribution in [3.63, 3.8) is 0 Å². The lowest BCUT2D eigenvalue weighted by Crippen LogP contribution is -2.32. The molecule has 0 aliphatic heterocycles. The summed E-state index contributed by atoms with van der Waals surface area (Å²) in [5.41, 5.74) is 1.37. The standard InChI is InChI=1S/C18H19NO6S/c1-12-4-10-16(11-5-12)26(22,23)25-15-8-6-14(7-9-15)17(18(21)24-3)19-13(2)20/h4-11,17H,1-3H3,(H,19,20). The van der Waals surface area contributed by atoms with Crippen LogP contribution in [0, 0.1) is 6.92 Å². The van der Waals surface area contributed by atoms with Gasteiger partial charge in [0.15, 0.2) is 6.04 Å². The first-order valence-corrected chi connectivity index (χ1v) is 9.10. The van der Waals surface area contributed by atoms with Crippen molar-refractivity contribution in [2.45, 2.75) is 24.8 Å². The number of carbonyl (C=O) groups is 2. The summed E-state index contributed by atoms with van der Waals surface area (Å²) < 4.78 is 34.3. The molecule has 1 amide bonds. The van der Waals surface area contributed by atoms with E-state index in [0.717, 1.165) is 5.56 Å². The number of methoxy groups -OCH3 is 1. The lowest BCUT2D eigenvalue weighted by molar-refractivity contribution is -0.145. The van der Waals surface area contributed by atoms with E-state index < -0.39 is 28.0 Å². The molecule has 1 atom stereocenters. The Kier molecular flexibility index (Phi) is 5.99. The van der Waals surface area contributed by atoms with Crippen molar-refractivity contribution in [1.29, 1.82) is 0 Å². The molecule has 0 bridgehead atoms. The van der Waals surface area contributed by atoms with E-state index in [2.05, 4.69) is 10.1 Å². The highest BCUT2D eigenvalue weighted by Crippen LogP contribution is 2.22. The van der Waals surface area contributed by atoms with Crippen LogP contribution in [0.1, 0.15) is 24.1 Å². The van der Waals surface area contributed by atoms with E-state index in [4.69, 9.17) is 4.18 Å². The Morgan fingerprint density at radius 3 is 2.08 bits per heavy atom. The van der Waals surface area contributed by atoms with Crippen molar-refractivity contribution in [2.24, 2.45) is 0 Å². The number of rotatable bonds is 6. The molecule has 0 heterocycles. The Labute approximate surface area is 152 Å². The zero-order valence-electron chi connectivity index (χ0n) is 14.6. The fourth-order valence-corrected chi connectivity index (χ4v) is 3.13. The predicted octanol–water partition coefficient (Wildman–Crippen LogP) is 2.11. The van der Waals surface area contributed by atoms with Gasteiger partial charge in [-0.3, -0.25) is 4.79 Å². The highest BCUT2D eigenvalue weighted by molar-refractivity contribution is 7.87. The fourth-order valence-electron chi connectivity index (χ4n) is 2.20. The molecule has 2 aromatic rings. The molecule has 0 aliphatic rings. The molecule has 1 unspecified atom stereocenters. The summed E-state index contributed by atoms with van der Waals surface area (Å²) in [7, 11) is -2.75. The molecule has 0 radical (unpaired) electrons.